The molecule has 2 nitrogen and oxygen atoms in total. The van der Waals surface area contributed by atoms with Crippen LogP contribution in [0, 0.1) is 12.8 Å². The number of hydrogen-bond donors (Lipinski definition) is 2. The van der Waals surface area contributed by atoms with E-state index in [2.05, 4.69) is 13.8 Å². The van der Waals surface area contributed by atoms with E-state index in [1.807, 2.05) is 26.0 Å². The van der Waals surface area contributed by atoms with Crippen molar-refractivity contribution in [1.82, 2.24) is 0 Å². The van der Waals surface area contributed by atoms with E-state index in [9.17, 15) is 10.2 Å². The molecule has 0 saturated heterocycles. The van der Waals surface area contributed by atoms with Gasteiger partial charge in [-0.1, -0.05) is 32.9 Å². The van der Waals surface area contributed by atoms with Crippen molar-refractivity contribution in [3.63, 3.8) is 0 Å². The fourth-order valence-corrected chi connectivity index (χ4v) is 2.25. The molecule has 2 atom stereocenters. The molecule has 0 heterocycles. The minimum atomic E-state index is -0.286. The van der Waals surface area contributed by atoms with E-state index in [1.54, 1.807) is 6.07 Å². The Morgan fingerprint density at radius 1 is 1.12 bits per heavy atom. The third-order valence-corrected chi connectivity index (χ3v) is 3.09. The van der Waals surface area contributed by atoms with Gasteiger partial charge in [-0.2, -0.15) is 0 Å². The van der Waals surface area contributed by atoms with Crippen LogP contribution in [0.15, 0.2) is 18.2 Å². The second kappa shape index (κ2) is 6.06. The summed E-state index contributed by atoms with van der Waals surface area (Å²) in [6, 6.07) is 5.73. The monoisotopic (exact) mass is 236 g/mol. The molecule has 0 amide bonds. The minimum absolute atomic E-state index is 0.185. The summed E-state index contributed by atoms with van der Waals surface area (Å²) in [5.41, 5.74) is 1.99. The molecule has 0 radical (unpaired) electrons. The predicted octanol–water partition coefficient (Wildman–Crippen LogP) is 3.60. The molecule has 0 fully saturated rings. The lowest BCUT2D eigenvalue weighted by molar-refractivity contribution is 0.132. The Balaban J connectivity index is 2.66. The summed E-state index contributed by atoms with van der Waals surface area (Å²) in [5, 5.41) is 19.8. The first-order chi connectivity index (χ1) is 7.90. The summed E-state index contributed by atoms with van der Waals surface area (Å²) < 4.78 is 0. The van der Waals surface area contributed by atoms with Crippen LogP contribution in [-0.4, -0.2) is 16.3 Å². The van der Waals surface area contributed by atoms with E-state index in [-0.39, 0.29) is 12.0 Å². The quantitative estimate of drug-likeness (QED) is 0.820. The highest BCUT2D eigenvalue weighted by Gasteiger charge is 2.16. The molecular weight excluding hydrogens is 212 g/mol. The number of phenols is 1. The molecule has 1 rings (SSSR count). The SMILES string of the molecule is Cc1ccc([C@H](C)C[C@H](O)CC(C)C)c(O)c1. The van der Waals surface area contributed by atoms with Crippen molar-refractivity contribution >= 4 is 0 Å². The fourth-order valence-electron chi connectivity index (χ4n) is 2.25. The Kier molecular flexibility index (Phi) is 5.01. The van der Waals surface area contributed by atoms with Gasteiger partial charge in [-0.25, -0.2) is 0 Å². The smallest absolute Gasteiger partial charge is 0.119 e. The number of hydrogen-bond acceptors (Lipinski definition) is 2. The molecule has 0 bridgehead atoms. The van der Waals surface area contributed by atoms with Crippen LogP contribution in [-0.2, 0) is 0 Å². The summed E-state index contributed by atoms with van der Waals surface area (Å²) in [6.07, 6.45) is 1.23. The molecule has 1 aromatic carbocycles. The first-order valence-electron chi connectivity index (χ1n) is 6.37. The molecule has 0 saturated carbocycles. The largest absolute Gasteiger partial charge is 0.508 e. The van der Waals surface area contributed by atoms with Crippen LogP contribution in [0.5, 0.6) is 5.75 Å². The van der Waals surface area contributed by atoms with Crippen LogP contribution >= 0.6 is 0 Å². The summed E-state index contributed by atoms with van der Waals surface area (Å²) in [7, 11) is 0. The number of rotatable bonds is 5. The minimum Gasteiger partial charge on any atom is -0.508 e. The van der Waals surface area contributed by atoms with Crippen LogP contribution in [0.1, 0.15) is 50.7 Å². The molecule has 0 aromatic heterocycles. The molecule has 0 aliphatic rings. The zero-order valence-electron chi connectivity index (χ0n) is 11.3. The summed E-state index contributed by atoms with van der Waals surface area (Å²) in [6.45, 7) is 8.23. The highest BCUT2D eigenvalue weighted by atomic mass is 16.3. The van der Waals surface area contributed by atoms with Gasteiger partial charge >= 0.3 is 0 Å². The first kappa shape index (κ1) is 14.0. The molecule has 0 aliphatic heterocycles. The van der Waals surface area contributed by atoms with Crippen molar-refractivity contribution in [2.24, 2.45) is 5.92 Å². The maximum atomic E-state index is 9.92. The van der Waals surface area contributed by atoms with Crippen molar-refractivity contribution < 1.29 is 10.2 Å². The van der Waals surface area contributed by atoms with Crippen LogP contribution < -0.4 is 0 Å². The Morgan fingerprint density at radius 2 is 1.76 bits per heavy atom. The van der Waals surface area contributed by atoms with Crippen LogP contribution in [0.4, 0.5) is 0 Å². The van der Waals surface area contributed by atoms with Crippen LogP contribution in [0.3, 0.4) is 0 Å². The average molecular weight is 236 g/mol. The highest BCUT2D eigenvalue weighted by Crippen LogP contribution is 2.30. The van der Waals surface area contributed by atoms with Gasteiger partial charge < -0.3 is 10.2 Å². The zero-order chi connectivity index (χ0) is 13.0. The average Bonchev–Trinajstić information content (AvgIpc) is 2.15. The number of aromatic hydroxyl groups is 1. The van der Waals surface area contributed by atoms with Crippen molar-refractivity contribution in [3.8, 4) is 5.75 Å². The number of phenolic OH excluding ortho intramolecular Hbond substituents is 1. The Bertz CT molecular complexity index is 358. The van der Waals surface area contributed by atoms with Gasteiger partial charge in [-0.3, -0.25) is 0 Å². The standard InChI is InChI=1S/C15H24O2/c1-10(2)7-13(16)9-12(4)14-6-5-11(3)8-15(14)17/h5-6,8,10,12-13,16-17H,7,9H2,1-4H3/t12-,13-/m1/s1. The Hall–Kier alpha value is -1.02. The lowest BCUT2D eigenvalue weighted by Gasteiger charge is -2.19. The predicted molar refractivity (Wildman–Crippen MR) is 71.3 cm³/mol. The van der Waals surface area contributed by atoms with Crippen LogP contribution in [0.25, 0.3) is 0 Å². The van der Waals surface area contributed by atoms with Crippen molar-refractivity contribution in [3.05, 3.63) is 29.3 Å². The third-order valence-electron chi connectivity index (χ3n) is 3.09. The molecule has 1 aromatic rings. The number of benzene rings is 1. The Morgan fingerprint density at radius 3 is 2.29 bits per heavy atom. The molecule has 2 N–H and O–H groups in total. The molecule has 0 spiro atoms. The lowest BCUT2D eigenvalue weighted by Crippen LogP contribution is -2.13. The van der Waals surface area contributed by atoms with Gasteiger partial charge in [0.2, 0.25) is 0 Å². The molecule has 17 heavy (non-hydrogen) atoms. The number of aryl methyl sites for hydroxylation is 1. The van der Waals surface area contributed by atoms with Gasteiger partial charge in [0.15, 0.2) is 0 Å². The topological polar surface area (TPSA) is 40.5 Å². The highest BCUT2D eigenvalue weighted by molar-refractivity contribution is 5.38. The van der Waals surface area contributed by atoms with E-state index in [0.717, 1.165) is 17.5 Å². The maximum Gasteiger partial charge on any atom is 0.119 e. The molecule has 2 heteroatoms. The second-order valence-electron chi connectivity index (χ2n) is 5.48. The lowest BCUT2D eigenvalue weighted by atomic mass is 9.91. The van der Waals surface area contributed by atoms with Crippen molar-refractivity contribution in [2.45, 2.75) is 52.6 Å². The van der Waals surface area contributed by atoms with Gasteiger partial charge in [-0.15, -0.1) is 0 Å². The molecule has 0 aliphatic carbocycles. The second-order valence-corrected chi connectivity index (χ2v) is 5.48. The molecule has 96 valence electrons. The maximum absolute atomic E-state index is 9.92. The number of aliphatic hydroxyl groups excluding tert-OH is 1. The van der Waals surface area contributed by atoms with E-state index in [4.69, 9.17) is 0 Å². The van der Waals surface area contributed by atoms with Gasteiger partial charge in [0.05, 0.1) is 6.10 Å². The summed E-state index contributed by atoms with van der Waals surface area (Å²) in [5.74, 6) is 1.03. The van der Waals surface area contributed by atoms with Gasteiger partial charge in [0, 0.05) is 0 Å². The van der Waals surface area contributed by atoms with E-state index >= 15 is 0 Å². The van der Waals surface area contributed by atoms with Gasteiger partial charge in [0.1, 0.15) is 5.75 Å². The summed E-state index contributed by atoms with van der Waals surface area (Å²) >= 11 is 0. The van der Waals surface area contributed by atoms with Gasteiger partial charge in [-0.05, 0) is 48.8 Å². The molecular formula is C15H24O2. The normalized spacial score (nSPS) is 14.9. The number of aliphatic hydroxyl groups is 1. The van der Waals surface area contributed by atoms with E-state index < -0.39 is 0 Å². The fraction of sp³-hybridized carbons (Fsp3) is 0.600. The van der Waals surface area contributed by atoms with Crippen LogP contribution in [0.2, 0.25) is 0 Å². The van der Waals surface area contributed by atoms with Crippen molar-refractivity contribution in [1.29, 1.82) is 0 Å². The summed E-state index contributed by atoms with van der Waals surface area (Å²) in [4.78, 5) is 0. The van der Waals surface area contributed by atoms with E-state index in [1.165, 1.54) is 0 Å². The first-order valence-corrected chi connectivity index (χ1v) is 6.37. The van der Waals surface area contributed by atoms with E-state index in [0.29, 0.717) is 18.1 Å². The van der Waals surface area contributed by atoms with Gasteiger partial charge in [0.25, 0.3) is 0 Å². The molecule has 0 unspecified atom stereocenters. The van der Waals surface area contributed by atoms with Crippen molar-refractivity contribution in [2.75, 3.05) is 0 Å². The Labute approximate surface area is 104 Å². The zero-order valence-corrected chi connectivity index (χ0v) is 11.3. The third kappa shape index (κ3) is 4.39.